The first kappa shape index (κ1) is 24.8. The van der Waals surface area contributed by atoms with E-state index in [1.165, 1.54) is 6.21 Å². The Labute approximate surface area is 193 Å². The molecule has 7 nitrogen and oxygen atoms in total. The second kappa shape index (κ2) is 12.4. The number of amides is 2. The monoisotopic (exact) mass is 455 g/mol. The summed E-state index contributed by atoms with van der Waals surface area (Å²) in [6.45, 7) is 6.20. The van der Waals surface area contributed by atoms with Crippen molar-refractivity contribution >= 4 is 35.3 Å². The fourth-order valence-electron chi connectivity index (χ4n) is 2.74. The van der Waals surface area contributed by atoms with Crippen LogP contribution < -0.4 is 20.2 Å². The second-order valence-corrected chi connectivity index (χ2v) is 7.25. The van der Waals surface area contributed by atoms with Gasteiger partial charge < -0.3 is 14.8 Å². The van der Waals surface area contributed by atoms with Gasteiger partial charge in [0.2, 0.25) is 11.8 Å². The zero-order chi connectivity index (χ0) is 23.5. The van der Waals surface area contributed by atoms with Crippen molar-refractivity contribution in [3.05, 3.63) is 52.0 Å². The van der Waals surface area contributed by atoms with Gasteiger partial charge in [0.15, 0.2) is 11.5 Å². The smallest absolute Gasteiger partial charge is 0.240 e. The van der Waals surface area contributed by atoms with Crippen molar-refractivity contribution in [1.29, 1.82) is 0 Å². The highest BCUT2D eigenvalue weighted by Gasteiger charge is 2.12. The van der Waals surface area contributed by atoms with E-state index in [1.54, 1.807) is 12.1 Å². The molecule has 0 saturated carbocycles. The molecule has 0 unspecified atom stereocenters. The number of carbonyl (C=O) groups is 2. The minimum absolute atomic E-state index is 0.00213. The Morgan fingerprint density at radius 3 is 2.66 bits per heavy atom. The van der Waals surface area contributed by atoms with Crippen molar-refractivity contribution in [3.63, 3.8) is 0 Å². The topological polar surface area (TPSA) is 89.0 Å². The number of hydrogen-bond donors (Lipinski definition) is 2. The van der Waals surface area contributed by atoms with Crippen LogP contribution in [0.25, 0.3) is 0 Å². The van der Waals surface area contributed by atoms with Gasteiger partial charge in [-0.1, -0.05) is 29.7 Å². The van der Waals surface area contributed by atoms with Crippen LogP contribution in [0.2, 0.25) is 5.02 Å². The van der Waals surface area contributed by atoms with E-state index in [-0.39, 0.29) is 31.3 Å². The van der Waals surface area contributed by atoms with Crippen LogP contribution >= 0.6 is 11.6 Å². The summed E-state index contributed by atoms with van der Waals surface area (Å²) in [5.74, 6) is 2.52. The minimum Gasteiger partial charge on any atom is -0.490 e. The predicted octanol–water partition coefficient (Wildman–Crippen LogP) is 4.24. The Morgan fingerprint density at radius 2 is 1.94 bits per heavy atom. The standard InChI is InChI=1S/C24H26ClN3O4/c1-5-12-32-24-19(25)13-18(14-21(24)31-6-2)15-26-28-23(30)11-10-22(29)27-20-9-7-8-16(3)17(20)4/h1,7-9,13-15H,6,10-12H2,2-4H3,(H,27,29)(H,28,30). The summed E-state index contributed by atoms with van der Waals surface area (Å²) in [7, 11) is 0. The molecule has 32 heavy (non-hydrogen) atoms. The number of ether oxygens (including phenoxy) is 2. The van der Waals surface area contributed by atoms with Gasteiger partial charge in [0.1, 0.15) is 6.61 Å². The summed E-state index contributed by atoms with van der Waals surface area (Å²) in [6, 6.07) is 8.96. The molecule has 0 bridgehead atoms. The first-order valence-corrected chi connectivity index (χ1v) is 10.4. The number of nitrogens with zero attached hydrogens (tertiary/aromatic N) is 1. The van der Waals surface area contributed by atoms with Gasteiger partial charge in [-0.25, -0.2) is 5.43 Å². The third-order valence-corrected chi connectivity index (χ3v) is 4.77. The van der Waals surface area contributed by atoms with Crippen molar-refractivity contribution in [3.8, 4) is 23.8 Å². The highest BCUT2D eigenvalue weighted by atomic mass is 35.5. The first-order valence-electron chi connectivity index (χ1n) is 10.1. The van der Waals surface area contributed by atoms with E-state index in [9.17, 15) is 9.59 Å². The summed E-state index contributed by atoms with van der Waals surface area (Å²) >= 11 is 6.25. The third-order valence-electron chi connectivity index (χ3n) is 4.49. The minimum atomic E-state index is -0.387. The van der Waals surface area contributed by atoms with Crippen molar-refractivity contribution < 1.29 is 19.1 Å². The Bertz CT molecular complexity index is 1040. The van der Waals surface area contributed by atoms with Gasteiger partial charge in [-0.15, -0.1) is 6.42 Å². The molecule has 0 fully saturated rings. The fraction of sp³-hybridized carbons (Fsp3) is 0.292. The number of hydrogen-bond acceptors (Lipinski definition) is 5. The van der Waals surface area contributed by atoms with Crippen molar-refractivity contribution in [2.75, 3.05) is 18.5 Å². The number of terminal acetylenes is 1. The van der Waals surface area contributed by atoms with Crippen LogP contribution in [0.4, 0.5) is 5.69 Å². The first-order chi connectivity index (χ1) is 15.3. The maximum Gasteiger partial charge on any atom is 0.240 e. The molecule has 2 amide bonds. The molecule has 0 aliphatic rings. The molecule has 2 aromatic carbocycles. The zero-order valence-corrected chi connectivity index (χ0v) is 19.1. The highest BCUT2D eigenvalue weighted by molar-refractivity contribution is 6.32. The van der Waals surface area contributed by atoms with Crippen LogP contribution in [0.15, 0.2) is 35.4 Å². The van der Waals surface area contributed by atoms with Gasteiger partial charge in [-0.2, -0.15) is 5.10 Å². The third kappa shape index (κ3) is 7.33. The lowest BCUT2D eigenvalue weighted by Gasteiger charge is -2.12. The van der Waals surface area contributed by atoms with Crippen molar-refractivity contribution in [2.24, 2.45) is 5.10 Å². The molecule has 0 spiro atoms. The summed E-state index contributed by atoms with van der Waals surface area (Å²) in [4.78, 5) is 24.2. The highest BCUT2D eigenvalue weighted by Crippen LogP contribution is 2.36. The van der Waals surface area contributed by atoms with E-state index >= 15 is 0 Å². The number of carbonyl (C=O) groups excluding carboxylic acids is 2. The lowest BCUT2D eigenvalue weighted by Crippen LogP contribution is -2.21. The number of rotatable bonds is 10. The Balaban J connectivity index is 1.90. The van der Waals surface area contributed by atoms with E-state index < -0.39 is 0 Å². The van der Waals surface area contributed by atoms with Crippen molar-refractivity contribution in [1.82, 2.24) is 5.43 Å². The van der Waals surface area contributed by atoms with Crippen molar-refractivity contribution in [2.45, 2.75) is 33.6 Å². The average Bonchev–Trinajstić information content (AvgIpc) is 2.75. The van der Waals surface area contributed by atoms with Crippen LogP contribution in [0.3, 0.4) is 0 Å². The molecule has 0 radical (unpaired) electrons. The molecule has 2 aromatic rings. The Morgan fingerprint density at radius 1 is 1.19 bits per heavy atom. The van der Waals surface area contributed by atoms with Gasteiger partial charge in [0.05, 0.1) is 17.8 Å². The quantitative estimate of drug-likeness (QED) is 0.318. The van der Waals surface area contributed by atoms with Gasteiger partial charge in [-0.05, 0) is 55.7 Å². The Hall–Kier alpha value is -3.50. The maximum absolute atomic E-state index is 12.1. The normalized spacial score (nSPS) is 10.5. The molecule has 0 aromatic heterocycles. The number of halogens is 1. The van der Waals surface area contributed by atoms with Crippen LogP contribution in [-0.2, 0) is 9.59 Å². The average molecular weight is 456 g/mol. The fourth-order valence-corrected chi connectivity index (χ4v) is 3.01. The summed E-state index contributed by atoms with van der Waals surface area (Å²) in [5, 5.41) is 7.05. The molecule has 0 heterocycles. The second-order valence-electron chi connectivity index (χ2n) is 6.84. The SMILES string of the molecule is C#CCOc1c(Cl)cc(C=NNC(=O)CCC(=O)Nc2cccc(C)c2C)cc1OCC. The van der Waals surface area contributed by atoms with Crippen LogP contribution in [-0.4, -0.2) is 31.2 Å². The maximum atomic E-state index is 12.1. The van der Waals surface area contributed by atoms with Gasteiger partial charge >= 0.3 is 0 Å². The molecular weight excluding hydrogens is 430 g/mol. The molecule has 0 atom stereocenters. The van der Waals surface area contributed by atoms with Gasteiger partial charge in [-0.3, -0.25) is 9.59 Å². The summed E-state index contributed by atoms with van der Waals surface area (Å²) in [6.07, 6.45) is 6.68. The molecule has 8 heteroatoms. The molecule has 2 rings (SSSR count). The number of benzene rings is 2. The number of nitrogens with one attached hydrogen (secondary N) is 2. The molecule has 0 aliphatic heterocycles. The van der Waals surface area contributed by atoms with Crippen LogP contribution in [0.1, 0.15) is 36.5 Å². The summed E-state index contributed by atoms with van der Waals surface area (Å²) < 4.78 is 11.0. The summed E-state index contributed by atoms with van der Waals surface area (Å²) in [5.41, 5.74) is 5.81. The van der Waals surface area contributed by atoms with Crippen LogP contribution in [0, 0.1) is 26.2 Å². The number of aryl methyl sites for hydroxylation is 1. The molecule has 2 N–H and O–H groups in total. The lowest BCUT2D eigenvalue weighted by atomic mass is 10.1. The molecule has 168 valence electrons. The van der Waals surface area contributed by atoms with E-state index in [1.807, 2.05) is 39.0 Å². The van der Waals surface area contributed by atoms with E-state index in [4.69, 9.17) is 27.5 Å². The molecule has 0 aliphatic carbocycles. The van der Waals surface area contributed by atoms with Gasteiger partial charge in [0, 0.05) is 18.5 Å². The number of hydrazone groups is 1. The van der Waals surface area contributed by atoms with E-state index in [2.05, 4.69) is 21.8 Å². The van der Waals surface area contributed by atoms with E-state index in [0.29, 0.717) is 28.7 Å². The largest absolute Gasteiger partial charge is 0.490 e. The zero-order valence-electron chi connectivity index (χ0n) is 18.3. The predicted molar refractivity (Wildman–Crippen MR) is 126 cm³/mol. The van der Waals surface area contributed by atoms with Gasteiger partial charge in [0.25, 0.3) is 0 Å². The molecular formula is C24H26ClN3O4. The van der Waals surface area contributed by atoms with Crippen LogP contribution in [0.5, 0.6) is 11.5 Å². The Kier molecular flexibility index (Phi) is 9.58. The molecule has 0 saturated heterocycles. The number of anilines is 1. The lowest BCUT2D eigenvalue weighted by molar-refractivity contribution is -0.124. The van der Waals surface area contributed by atoms with E-state index in [0.717, 1.165) is 16.8 Å².